The quantitative estimate of drug-likeness (QED) is 0.168. The van der Waals surface area contributed by atoms with Gasteiger partial charge in [-0.15, -0.1) is 0 Å². The van der Waals surface area contributed by atoms with Gasteiger partial charge in [0.2, 0.25) is 5.91 Å². The van der Waals surface area contributed by atoms with Gasteiger partial charge in [-0.3, -0.25) is 4.79 Å². The summed E-state index contributed by atoms with van der Waals surface area (Å²) in [6.45, 7) is 7.76. The first kappa shape index (κ1) is 29.5. The highest BCUT2D eigenvalue weighted by Crippen LogP contribution is 2.39. The first-order valence-corrected chi connectivity index (χ1v) is 15.6. The molecule has 1 fully saturated rings. The van der Waals surface area contributed by atoms with E-state index in [1.165, 1.54) is 10.9 Å². The molecular formula is C38H41N3O3. The zero-order valence-corrected chi connectivity index (χ0v) is 25.7. The Hall–Kier alpha value is -4.55. The molecule has 0 N–H and O–H groups in total. The van der Waals surface area contributed by atoms with Gasteiger partial charge in [-0.25, -0.2) is 0 Å². The molecule has 0 unspecified atom stereocenters. The van der Waals surface area contributed by atoms with E-state index in [1.807, 2.05) is 35.2 Å². The third kappa shape index (κ3) is 6.66. The van der Waals surface area contributed by atoms with Crippen molar-refractivity contribution in [3.05, 3.63) is 132 Å². The highest BCUT2D eigenvalue weighted by atomic mass is 16.5. The third-order valence-corrected chi connectivity index (χ3v) is 8.77. The minimum Gasteiger partial charge on any atom is -0.493 e. The number of ether oxygens (including phenoxy) is 2. The van der Waals surface area contributed by atoms with Crippen LogP contribution in [-0.2, 0) is 17.9 Å². The fourth-order valence-electron chi connectivity index (χ4n) is 6.25. The van der Waals surface area contributed by atoms with Crippen molar-refractivity contribution in [1.82, 2.24) is 14.4 Å². The number of carbonyl (C=O) groups is 1. The summed E-state index contributed by atoms with van der Waals surface area (Å²) in [5, 5.41) is 1.17. The number of nitrogens with zero attached hydrogens (tertiary/aromatic N) is 3. The monoisotopic (exact) mass is 587 g/mol. The molecule has 226 valence electrons. The third-order valence-electron chi connectivity index (χ3n) is 8.77. The normalized spacial score (nSPS) is 14.5. The molecule has 0 bridgehead atoms. The van der Waals surface area contributed by atoms with Gasteiger partial charge in [0.25, 0.3) is 0 Å². The molecule has 0 saturated carbocycles. The molecule has 5 aromatic rings. The maximum absolute atomic E-state index is 13.9. The number of benzene rings is 4. The molecule has 1 aliphatic rings. The lowest BCUT2D eigenvalue weighted by Crippen LogP contribution is -2.48. The fraction of sp³-hybridized carbons (Fsp3) is 0.289. The van der Waals surface area contributed by atoms with E-state index in [4.69, 9.17) is 9.47 Å². The van der Waals surface area contributed by atoms with Gasteiger partial charge in [0, 0.05) is 62.2 Å². The van der Waals surface area contributed by atoms with Gasteiger partial charge in [0.05, 0.1) is 7.11 Å². The van der Waals surface area contributed by atoms with Gasteiger partial charge < -0.3 is 23.8 Å². The van der Waals surface area contributed by atoms with Crippen LogP contribution >= 0.6 is 0 Å². The summed E-state index contributed by atoms with van der Waals surface area (Å²) in [7, 11) is 1.67. The lowest BCUT2D eigenvalue weighted by atomic mass is 9.87. The average molecular weight is 588 g/mol. The standard InChI is InChI=1S/C38H41N3O3/c1-3-39-20-22-40(23-21-39)38(42)25-33(31-18-19-36(43-2)37(24-31)44-28-30-14-8-5-9-15-30)34-27-41(26-29-12-6-4-7-13-29)35-17-11-10-16-32(34)35/h4-19,24,27,33H,3,20-23,25-26,28H2,1-2H3/t33-/m0/s1. The average Bonchev–Trinajstić information content (AvgIpc) is 3.44. The molecule has 2 heterocycles. The molecule has 0 spiro atoms. The van der Waals surface area contributed by atoms with Gasteiger partial charge in [0.1, 0.15) is 6.61 Å². The highest BCUT2D eigenvalue weighted by Gasteiger charge is 2.28. The van der Waals surface area contributed by atoms with Crippen molar-refractivity contribution >= 4 is 16.8 Å². The topological polar surface area (TPSA) is 46.9 Å². The maximum atomic E-state index is 13.9. The van der Waals surface area contributed by atoms with Crippen LogP contribution in [0.5, 0.6) is 11.5 Å². The van der Waals surface area contributed by atoms with Crippen LogP contribution in [0.3, 0.4) is 0 Å². The Labute approximate surface area is 260 Å². The van der Waals surface area contributed by atoms with E-state index in [1.54, 1.807) is 7.11 Å². The second-order valence-corrected chi connectivity index (χ2v) is 11.5. The molecule has 44 heavy (non-hydrogen) atoms. The van der Waals surface area contributed by atoms with Gasteiger partial charge in [-0.05, 0) is 47.0 Å². The van der Waals surface area contributed by atoms with Crippen molar-refractivity contribution in [1.29, 1.82) is 0 Å². The van der Waals surface area contributed by atoms with Crippen LogP contribution in [0.4, 0.5) is 0 Å². The molecule has 1 saturated heterocycles. The van der Waals surface area contributed by atoms with Gasteiger partial charge in [-0.1, -0.05) is 91.9 Å². The molecule has 6 nitrogen and oxygen atoms in total. The van der Waals surface area contributed by atoms with Crippen LogP contribution in [0.25, 0.3) is 10.9 Å². The molecular weight excluding hydrogens is 546 g/mol. The molecule has 1 atom stereocenters. The number of likely N-dealkylation sites (N-methyl/N-ethyl adjacent to an activating group) is 1. The summed E-state index contributed by atoms with van der Waals surface area (Å²) in [4.78, 5) is 18.4. The van der Waals surface area contributed by atoms with Crippen molar-refractivity contribution in [2.45, 2.75) is 32.4 Å². The second kappa shape index (κ2) is 13.8. The predicted octanol–water partition coefficient (Wildman–Crippen LogP) is 6.96. The van der Waals surface area contributed by atoms with Crippen molar-refractivity contribution in [3.8, 4) is 11.5 Å². The molecule has 0 aliphatic carbocycles. The van der Waals surface area contributed by atoms with Crippen molar-refractivity contribution < 1.29 is 14.3 Å². The second-order valence-electron chi connectivity index (χ2n) is 11.5. The molecule has 6 rings (SSSR count). The van der Waals surface area contributed by atoms with E-state index >= 15 is 0 Å². The Morgan fingerprint density at radius 3 is 2.18 bits per heavy atom. The van der Waals surface area contributed by atoms with E-state index < -0.39 is 0 Å². The first-order chi connectivity index (χ1) is 21.6. The van der Waals surface area contributed by atoms with Crippen LogP contribution in [0.2, 0.25) is 0 Å². The molecule has 1 aliphatic heterocycles. The number of rotatable bonds is 11. The zero-order valence-electron chi connectivity index (χ0n) is 25.7. The van der Waals surface area contributed by atoms with E-state index in [2.05, 4.69) is 95.4 Å². The number of para-hydroxylation sites is 1. The number of hydrogen-bond acceptors (Lipinski definition) is 4. The number of aromatic nitrogens is 1. The zero-order chi connectivity index (χ0) is 30.3. The summed E-state index contributed by atoms with van der Waals surface area (Å²) < 4.78 is 14.3. The minimum absolute atomic E-state index is 0.154. The SMILES string of the molecule is CCN1CCN(C(=O)C[C@@H](c2ccc(OC)c(OCc3ccccc3)c2)c2cn(Cc3ccccc3)c3ccccc23)CC1. The summed E-state index contributed by atoms with van der Waals surface area (Å²) in [5.41, 5.74) is 5.67. The molecule has 0 radical (unpaired) electrons. The number of methoxy groups -OCH3 is 1. The van der Waals surface area contributed by atoms with E-state index in [-0.39, 0.29) is 11.8 Å². The number of amides is 1. The Bertz CT molecular complexity index is 1670. The Morgan fingerprint density at radius 2 is 1.48 bits per heavy atom. The van der Waals surface area contributed by atoms with E-state index in [9.17, 15) is 4.79 Å². The highest BCUT2D eigenvalue weighted by molar-refractivity contribution is 5.87. The van der Waals surface area contributed by atoms with Crippen LogP contribution < -0.4 is 9.47 Å². The van der Waals surface area contributed by atoms with Gasteiger partial charge in [0.15, 0.2) is 11.5 Å². The summed E-state index contributed by atoms with van der Waals surface area (Å²) >= 11 is 0. The largest absolute Gasteiger partial charge is 0.493 e. The van der Waals surface area contributed by atoms with Crippen molar-refractivity contribution in [3.63, 3.8) is 0 Å². The Morgan fingerprint density at radius 1 is 0.795 bits per heavy atom. The molecule has 1 amide bonds. The summed E-state index contributed by atoms with van der Waals surface area (Å²) in [5.74, 6) is 1.39. The number of hydrogen-bond donors (Lipinski definition) is 0. The molecule has 4 aromatic carbocycles. The Kier molecular flexibility index (Phi) is 9.28. The minimum atomic E-state index is -0.154. The lowest BCUT2D eigenvalue weighted by molar-refractivity contribution is -0.133. The lowest BCUT2D eigenvalue weighted by Gasteiger charge is -2.35. The number of carbonyl (C=O) groups excluding carboxylic acids is 1. The molecule has 1 aromatic heterocycles. The number of fused-ring (bicyclic) bond motifs is 1. The summed E-state index contributed by atoms with van der Waals surface area (Å²) in [6, 6.07) is 35.3. The predicted molar refractivity (Wildman–Crippen MR) is 176 cm³/mol. The van der Waals surface area contributed by atoms with E-state index in [0.29, 0.717) is 24.5 Å². The maximum Gasteiger partial charge on any atom is 0.223 e. The van der Waals surface area contributed by atoms with Crippen LogP contribution in [0, 0.1) is 0 Å². The molecule has 6 heteroatoms. The number of piperazine rings is 1. The fourth-order valence-corrected chi connectivity index (χ4v) is 6.25. The Balaban J connectivity index is 1.38. The van der Waals surface area contributed by atoms with Gasteiger partial charge >= 0.3 is 0 Å². The first-order valence-electron chi connectivity index (χ1n) is 15.6. The van der Waals surface area contributed by atoms with Crippen LogP contribution in [0.1, 0.15) is 41.5 Å². The van der Waals surface area contributed by atoms with Crippen molar-refractivity contribution in [2.24, 2.45) is 0 Å². The van der Waals surface area contributed by atoms with Crippen LogP contribution in [-0.4, -0.2) is 60.1 Å². The van der Waals surface area contributed by atoms with E-state index in [0.717, 1.165) is 61.5 Å². The van der Waals surface area contributed by atoms with Crippen LogP contribution in [0.15, 0.2) is 109 Å². The van der Waals surface area contributed by atoms with Gasteiger partial charge in [-0.2, -0.15) is 0 Å². The summed E-state index contributed by atoms with van der Waals surface area (Å²) in [6.07, 6.45) is 2.63. The smallest absolute Gasteiger partial charge is 0.223 e. The van der Waals surface area contributed by atoms with Crippen molar-refractivity contribution in [2.75, 3.05) is 39.8 Å².